The summed E-state index contributed by atoms with van der Waals surface area (Å²) in [5.41, 5.74) is 0. The molecule has 0 aliphatic rings. The predicted molar refractivity (Wildman–Crippen MR) is 49.1 cm³/mol. The van der Waals surface area contributed by atoms with Crippen LogP contribution in [0.1, 0.15) is 19.8 Å². The Kier molecular flexibility index (Phi) is 8.07. The molecule has 66 valence electrons. The first-order valence-corrected chi connectivity index (χ1v) is 5.05. The van der Waals surface area contributed by atoms with E-state index in [0.29, 0.717) is 5.75 Å². The molecule has 0 fully saturated rings. The molecule has 0 unspecified atom stereocenters. The Bertz CT molecular complexity index is 104. The van der Waals surface area contributed by atoms with E-state index in [9.17, 15) is 4.79 Å². The molecule has 0 bridgehead atoms. The third kappa shape index (κ3) is 7.88. The van der Waals surface area contributed by atoms with Crippen LogP contribution in [0.5, 0.6) is 0 Å². The number of carbonyl (C=O) groups excluding carboxylic acids is 1. The molecule has 0 amide bonds. The molecule has 0 N–H and O–H groups in total. The Morgan fingerprint density at radius 1 is 1.55 bits per heavy atom. The van der Waals surface area contributed by atoms with Crippen LogP contribution in [0, 0.1) is 0 Å². The first-order chi connectivity index (χ1) is 5.31. The Labute approximate surface area is 72.7 Å². The van der Waals surface area contributed by atoms with Crippen molar-refractivity contribution in [2.75, 3.05) is 25.2 Å². The summed E-state index contributed by atoms with van der Waals surface area (Å²) in [6.07, 6.45) is 2.40. The second-order valence-corrected chi connectivity index (χ2v) is 3.48. The molecule has 0 radical (unpaired) electrons. The number of thioether (sulfide) groups is 1. The molecule has 11 heavy (non-hydrogen) atoms. The van der Waals surface area contributed by atoms with Crippen molar-refractivity contribution in [1.82, 2.24) is 0 Å². The summed E-state index contributed by atoms with van der Waals surface area (Å²) in [7, 11) is 1.55. The standard InChI is InChI=1S/C8H16O2S/c1-3-4-5-11-7-8(9)6-10-2/h3-7H2,1-2H3. The van der Waals surface area contributed by atoms with Crippen LogP contribution in [0.4, 0.5) is 0 Å². The van der Waals surface area contributed by atoms with Crippen molar-refractivity contribution in [3.05, 3.63) is 0 Å². The number of ketones is 1. The number of methoxy groups -OCH3 is 1. The van der Waals surface area contributed by atoms with Gasteiger partial charge in [-0.15, -0.1) is 0 Å². The lowest BCUT2D eigenvalue weighted by molar-refractivity contribution is -0.120. The zero-order chi connectivity index (χ0) is 8.53. The van der Waals surface area contributed by atoms with Gasteiger partial charge in [-0.3, -0.25) is 4.79 Å². The smallest absolute Gasteiger partial charge is 0.168 e. The van der Waals surface area contributed by atoms with Crippen molar-refractivity contribution >= 4 is 17.5 Å². The van der Waals surface area contributed by atoms with Gasteiger partial charge in [0.15, 0.2) is 5.78 Å². The van der Waals surface area contributed by atoms with Crippen LogP contribution in [0.3, 0.4) is 0 Å². The fourth-order valence-corrected chi connectivity index (χ4v) is 1.58. The molecular weight excluding hydrogens is 160 g/mol. The molecular formula is C8H16O2S. The first-order valence-electron chi connectivity index (χ1n) is 3.89. The lowest BCUT2D eigenvalue weighted by Gasteiger charge is -1.98. The summed E-state index contributed by atoms with van der Waals surface area (Å²) in [6, 6.07) is 0. The van der Waals surface area contributed by atoms with Gasteiger partial charge < -0.3 is 4.74 Å². The highest BCUT2D eigenvalue weighted by atomic mass is 32.2. The molecule has 0 aliphatic carbocycles. The maximum absolute atomic E-state index is 10.9. The number of hydrogen-bond donors (Lipinski definition) is 0. The van der Waals surface area contributed by atoms with Crippen LogP contribution in [0.15, 0.2) is 0 Å². The number of hydrogen-bond acceptors (Lipinski definition) is 3. The van der Waals surface area contributed by atoms with Gasteiger partial charge in [-0.05, 0) is 12.2 Å². The molecule has 0 saturated heterocycles. The normalized spacial score (nSPS) is 10.0. The zero-order valence-corrected chi connectivity index (χ0v) is 8.08. The Morgan fingerprint density at radius 2 is 2.27 bits per heavy atom. The van der Waals surface area contributed by atoms with E-state index in [2.05, 4.69) is 6.92 Å². The van der Waals surface area contributed by atoms with Crippen LogP contribution in [0.25, 0.3) is 0 Å². The third-order valence-corrected chi connectivity index (χ3v) is 2.31. The van der Waals surface area contributed by atoms with Gasteiger partial charge in [-0.25, -0.2) is 0 Å². The van der Waals surface area contributed by atoms with Gasteiger partial charge in [0.2, 0.25) is 0 Å². The van der Waals surface area contributed by atoms with Crippen LogP contribution >= 0.6 is 11.8 Å². The Hall–Kier alpha value is -0.0200. The number of rotatable bonds is 7. The lowest BCUT2D eigenvalue weighted by atomic mass is 10.4. The number of Topliss-reactive ketones (excluding diaryl/α,β-unsaturated/α-hetero) is 1. The highest BCUT2D eigenvalue weighted by Gasteiger charge is 1.99. The van der Waals surface area contributed by atoms with Gasteiger partial charge in [0, 0.05) is 7.11 Å². The largest absolute Gasteiger partial charge is 0.377 e. The number of unbranched alkanes of at least 4 members (excludes halogenated alkanes) is 1. The SMILES string of the molecule is CCCCSCC(=O)COC. The van der Waals surface area contributed by atoms with E-state index in [4.69, 9.17) is 4.74 Å². The van der Waals surface area contributed by atoms with Crippen LogP contribution < -0.4 is 0 Å². The van der Waals surface area contributed by atoms with Gasteiger partial charge in [0.25, 0.3) is 0 Å². The Morgan fingerprint density at radius 3 is 2.82 bits per heavy atom. The van der Waals surface area contributed by atoms with Crippen molar-refractivity contribution in [3.8, 4) is 0 Å². The van der Waals surface area contributed by atoms with E-state index in [-0.39, 0.29) is 12.4 Å². The molecule has 0 spiro atoms. The summed E-state index contributed by atoms with van der Waals surface area (Å²) in [6.45, 7) is 2.41. The molecule has 0 rings (SSSR count). The third-order valence-electron chi connectivity index (χ3n) is 1.21. The molecule has 0 saturated carbocycles. The van der Waals surface area contributed by atoms with E-state index < -0.39 is 0 Å². The summed E-state index contributed by atoms with van der Waals surface area (Å²) in [5, 5.41) is 0. The second-order valence-electron chi connectivity index (χ2n) is 2.38. The molecule has 0 aromatic heterocycles. The predicted octanol–water partition coefficient (Wildman–Crippen LogP) is 1.74. The first kappa shape index (κ1) is 11.0. The van der Waals surface area contributed by atoms with Crippen molar-refractivity contribution < 1.29 is 9.53 Å². The minimum absolute atomic E-state index is 0.189. The molecule has 0 aromatic carbocycles. The quantitative estimate of drug-likeness (QED) is 0.553. The van der Waals surface area contributed by atoms with Gasteiger partial charge in [-0.1, -0.05) is 13.3 Å². The maximum atomic E-state index is 10.9. The van der Waals surface area contributed by atoms with E-state index in [1.165, 1.54) is 12.8 Å². The topological polar surface area (TPSA) is 26.3 Å². The molecule has 0 heterocycles. The minimum Gasteiger partial charge on any atom is -0.377 e. The van der Waals surface area contributed by atoms with Crippen molar-refractivity contribution in [3.63, 3.8) is 0 Å². The fourth-order valence-electron chi connectivity index (χ4n) is 0.635. The van der Waals surface area contributed by atoms with Crippen LogP contribution in [-0.4, -0.2) is 31.0 Å². The lowest BCUT2D eigenvalue weighted by Crippen LogP contribution is -2.09. The van der Waals surface area contributed by atoms with Crippen molar-refractivity contribution in [2.24, 2.45) is 0 Å². The number of ether oxygens (including phenoxy) is 1. The van der Waals surface area contributed by atoms with E-state index in [0.717, 1.165) is 5.75 Å². The summed E-state index contributed by atoms with van der Waals surface area (Å²) >= 11 is 1.70. The molecule has 0 atom stereocenters. The fraction of sp³-hybridized carbons (Fsp3) is 0.875. The van der Waals surface area contributed by atoms with Crippen LogP contribution in [-0.2, 0) is 9.53 Å². The second kappa shape index (κ2) is 8.08. The van der Waals surface area contributed by atoms with Crippen LogP contribution in [0.2, 0.25) is 0 Å². The van der Waals surface area contributed by atoms with Gasteiger partial charge in [0.05, 0.1) is 5.75 Å². The molecule has 3 heteroatoms. The maximum Gasteiger partial charge on any atom is 0.168 e. The van der Waals surface area contributed by atoms with Gasteiger partial charge >= 0.3 is 0 Å². The minimum atomic E-state index is 0.189. The summed E-state index contributed by atoms with van der Waals surface area (Å²) < 4.78 is 4.70. The Balaban J connectivity index is 3.04. The highest BCUT2D eigenvalue weighted by molar-refractivity contribution is 7.99. The highest BCUT2D eigenvalue weighted by Crippen LogP contribution is 2.03. The van der Waals surface area contributed by atoms with Gasteiger partial charge in [-0.2, -0.15) is 11.8 Å². The average Bonchev–Trinajstić information content (AvgIpc) is 1.99. The number of carbonyl (C=O) groups is 1. The summed E-state index contributed by atoms with van der Waals surface area (Å²) in [5.74, 6) is 1.88. The molecule has 0 aliphatic heterocycles. The van der Waals surface area contributed by atoms with E-state index in [1.807, 2.05) is 0 Å². The zero-order valence-electron chi connectivity index (χ0n) is 7.26. The molecule has 0 aromatic rings. The van der Waals surface area contributed by atoms with Gasteiger partial charge in [0.1, 0.15) is 6.61 Å². The van der Waals surface area contributed by atoms with Crippen molar-refractivity contribution in [1.29, 1.82) is 0 Å². The monoisotopic (exact) mass is 176 g/mol. The van der Waals surface area contributed by atoms with E-state index in [1.54, 1.807) is 18.9 Å². The summed E-state index contributed by atoms with van der Waals surface area (Å²) in [4.78, 5) is 10.9. The van der Waals surface area contributed by atoms with Crippen molar-refractivity contribution in [2.45, 2.75) is 19.8 Å². The average molecular weight is 176 g/mol. The van der Waals surface area contributed by atoms with E-state index >= 15 is 0 Å². The molecule has 2 nitrogen and oxygen atoms in total.